The number of nitrogens with one attached hydrogen (secondary N) is 1. The quantitative estimate of drug-likeness (QED) is 0.442. The molecule has 186 valence electrons. The fraction of sp³-hybridized carbons (Fsp3) is 0.400. The van der Waals surface area contributed by atoms with E-state index in [2.05, 4.69) is 10.5 Å². The molecule has 1 N–H and O–H groups in total. The summed E-state index contributed by atoms with van der Waals surface area (Å²) >= 11 is 0. The van der Waals surface area contributed by atoms with Crippen molar-refractivity contribution in [1.82, 2.24) is 15.4 Å². The number of ether oxygens (including phenoxy) is 3. The van der Waals surface area contributed by atoms with Crippen LogP contribution in [-0.2, 0) is 16.1 Å². The van der Waals surface area contributed by atoms with Crippen molar-refractivity contribution in [2.45, 2.75) is 31.9 Å². The molecule has 35 heavy (non-hydrogen) atoms. The summed E-state index contributed by atoms with van der Waals surface area (Å²) < 4.78 is 27.1. The lowest BCUT2D eigenvalue weighted by atomic mass is 10.1. The Morgan fingerprint density at radius 2 is 2.09 bits per heavy atom. The van der Waals surface area contributed by atoms with E-state index in [1.54, 1.807) is 61.8 Å². The van der Waals surface area contributed by atoms with Crippen molar-refractivity contribution >= 4 is 11.8 Å². The summed E-state index contributed by atoms with van der Waals surface area (Å²) in [5, 5.41) is 6.80. The van der Waals surface area contributed by atoms with Crippen LogP contribution in [-0.4, -0.2) is 61.9 Å². The Bertz CT molecular complexity index is 1120. The largest absolute Gasteiger partial charge is 0.497 e. The topological polar surface area (TPSA) is 116 Å². The van der Waals surface area contributed by atoms with Crippen molar-refractivity contribution in [2.24, 2.45) is 0 Å². The molecule has 1 atom stereocenters. The number of benzene rings is 1. The van der Waals surface area contributed by atoms with E-state index in [-0.39, 0.29) is 36.6 Å². The molecule has 10 nitrogen and oxygen atoms in total. The summed E-state index contributed by atoms with van der Waals surface area (Å²) in [5.74, 6) is 1.69. The number of amides is 2. The van der Waals surface area contributed by atoms with Crippen LogP contribution in [0.15, 0.2) is 51.6 Å². The molecule has 3 aromatic rings. The number of carbonyl (C=O) groups excluding carboxylic acids is 2. The predicted molar refractivity (Wildman–Crippen MR) is 125 cm³/mol. The van der Waals surface area contributed by atoms with Crippen LogP contribution in [0.25, 0.3) is 11.3 Å². The molecule has 4 rings (SSSR count). The van der Waals surface area contributed by atoms with Gasteiger partial charge in [-0.25, -0.2) is 0 Å². The normalized spacial score (nSPS) is 15.1. The van der Waals surface area contributed by atoms with Gasteiger partial charge in [0, 0.05) is 32.2 Å². The lowest BCUT2D eigenvalue weighted by Crippen LogP contribution is -2.40. The number of hydrogen-bond donors (Lipinski definition) is 1. The molecule has 10 heteroatoms. The van der Waals surface area contributed by atoms with Crippen molar-refractivity contribution in [3.63, 3.8) is 0 Å². The molecule has 2 aromatic heterocycles. The van der Waals surface area contributed by atoms with Gasteiger partial charge in [-0.15, -0.1) is 0 Å². The van der Waals surface area contributed by atoms with Crippen LogP contribution in [0.3, 0.4) is 0 Å². The second-order valence-electron chi connectivity index (χ2n) is 8.13. The molecular formula is C25H29N3O7. The van der Waals surface area contributed by atoms with Crippen molar-refractivity contribution in [1.29, 1.82) is 0 Å². The number of hydrogen-bond acceptors (Lipinski definition) is 8. The standard InChI is InChI=1S/C25H29N3O7/c1-31-17-7-8-22(32-2)20(13-17)23-14-21(27-35-23)25(30)28(16-19-6-4-12-34-19)10-9-24(29)26-15-18-5-3-11-33-18/h3,5,7-8,11,13-14,19H,4,6,9-10,12,15-16H2,1-2H3,(H,26,29). The SMILES string of the molecule is COc1ccc(OC)c(-c2cc(C(=O)N(CCC(=O)NCc3ccco3)CC3CCCO3)no2)c1. The minimum Gasteiger partial charge on any atom is -0.497 e. The summed E-state index contributed by atoms with van der Waals surface area (Å²) in [6, 6.07) is 10.4. The van der Waals surface area contributed by atoms with Crippen LogP contribution >= 0.6 is 0 Å². The maximum Gasteiger partial charge on any atom is 0.276 e. The Kier molecular flexibility index (Phi) is 8.04. The summed E-state index contributed by atoms with van der Waals surface area (Å²) in [7, 11) is 3.11. The number of rotatable bonds is 11. The summed E-state index contributed by atoms with van der Waals surface area (Å²) in [6.07, 6.45) is 3.42. The molecule has 0 aliphatic carbocycles. The van der Waals surface area contributed by atoms with Gasteiger partial charge in [-0.3, -0.25) is 9.59 Å². The smallest absolute Gasteiger partial charge is 0.276 e. The Balaban J connectivity index is 1.46. The number of aromatic nitrogens is 1. The van der Waals surface area contributed by atoms with E-state index < -0.39 is 0 Å². The van der Waals surface area contributed by atoms with E-state index in [0.29, 0.717) is 48.3 Å². The Morgan fingerprint density at radius 1 is 1.20 bits per heavy atom. The zero-order valence-corrected chi connectivity index (χ0v) is 19.8. The van der Waals surface area contributed by atoms with Gasteiger partial charge in [-0.05, 0) is 43.2 Å². The monoisotopic (exact) mass is 483 g/mol. The second kappa shape index (κ2) is 11.6. The van der Waals surface area contributed by atoms with E-state index >= 15 is 0 Å². The van der Waals surface area contributed by atoms with Gasteiger partial charge in [0.2, 0.25) is 5.91 Å². The van der Waals surface area contributed by atoms with E-state index in [0.717, 1.165) is 12.8 Å². The third kappa shape index (κ3) is 6.21. The molecule has 1 unspecified atom stereocenters. The highest BCUT2D eigenvalue weighted by Crippen LogP contribution is 2.34. The second-order valence-corrected chi connectivity index (χ2v) is 8.13. The Hall–Kier alpha value is -3.79. The van der Waals surface area contributed by atoms with Crippen LogP contribution < -0.4 is 14.8 Å². The highest BCUT2D eigenvalue weighted by molar-refractivity contribution is 5.93. The van der Waals surface area contributed by atoms with Gasteiger partial charge in [-0.2, -0.15) is 0 Å². The van der Waals surface area contributed by atoms with E-state index in [4.69, 9.17) is 23.2 Å². The van der Waals surface area contributed by atoms with Crippen LogP contribution in [0, 0.1) is 0 Å². The molecule has 1 aliphatic rings. The minimum absolute atomic E-state index is 0.0741. The molecule has 0 spiro atoms. The number of carbonyl (C=O) groups is 2. The van der Waals surface area contributed by atoms with Gasteiger partial charge >= 0.3 is 0 Å². The van der Waals surface area contributed by atoms with E-state index in [1.807, 2.05) is 0 Å². The molecular weight excluding hydrogens is 454 g/mol. The molecule has 1 saturated heterocycles. The third-order valence-corrected chi connectivity index (χ3v) is 5.79. The van der Waals surface area contributed by atoms with Gasteiger partial charge in [-0.1, -0.05) is 5.16 Å². The van der Waals surface area contributed by atoms with Crippen LogP contribution in [0.5, 0.6) is 11.5 Å². The van der Waals surface area contributed by atoms with Crippen molar-refractivity contribution in [3.05, 3.63) is 54.1 Å². The summed E-state index contributed by atoms with van der Waals surface area (Å²) in [6.45, 7) is 1.54. The van der Waals surface area contributed by atoms with Crippen LogP contribution in [0.1, 0.15) is 35.5 Å². The van der Waals surface area contributed by atoms with Gasteiger partial charge in [0.05, 0.1) is 38.7 Å². The number of furan rings is 1. The Morgan fingerprint density at radius 3 is 2.80 bits per heavy atom. The maximum absolute atomic E-state index is 13.4. The molecule has 1 aromatic carbocycles. The third-order valence-electron chi connectivity index (χ3n) is 5.79. The minimum atomic E-state index is -0.337. The molecule has 2 amide bonds. The van der Waals surface area contributed by atoms with E-state index in [1.165, 1.54) is 0 Å². The molecule has 3 heterocycles. The first-order chi connectivity index (χ1) is 17.1. The fourth-order valence-electron chi connectivity index (χ4n) is 3.91. The van der Waals surface area contributed by atoms with Gasteiger partial charge < -0.3 is 33.4 Å². The lowest BCUT2D eigenvalue weighted by molar-refractivity contribution is -0.121. The highest BCUT2D eigenvalue weighted by Gasteiger charge is 2.26. The molecule has 0 bridgehead atoms. The van der Waals surface area contributed by atoms with E-state index in [9.17, 15) is 9.59 Å². The zero-order valence-electron chi connectivity index (χ0n) is 19.8. The first kappa shape index (κ1) is 24.3. The van der Waals surface area contributed by atoms with Crippen molar-refractivity contribution in [3.8, 4) is 22.8 Å². The summed E-state index contributed by atoms with van der Waals surface area (Å²) in [4.78, 5) is 27.3. The zero-order chi connectivity index (χ0) is 24.6. The van der Waals surface area contributed by atoms with Crippen LogP contribution in [0.4, 0.5) is 0 Å². The summed E-state index contributed by atoms with van der Waals surface area (Å²) in [5.41, 5.74) is 0.750. The first-order valence-corrected chi connectivity index (χ1v) is 11.5. The number of methoxy groups -OCH3 is 2. The number of nitrogens with zero attached hydrogens (tertiary/aromatic N) is 2. The molecule has 0 radical (unpaired) electrons. The van der Waals surface area contributed by atoms with Gasteiger partial charge in [0.1, 0.15) is 17.3 Å². The van der Waals surface area contributed by atoms with Gasteiger partial charge in [0.15, 0.2) is 11.5 Å². The van der Waals surface area contributed by atoms with Crippen LogP contribution in [0.2, 0.25) is 0 Å². The molecule has 1 fully saturated rings. The Labute approximate surface area is 203 Å². The molecule has 1 aliphatic heterocycles. The first-order valence-electron chi connectivity index (χ1n) is 11.5. The van der Waals surface area contributed by atoms with Crippen molar-refractivity contribution in [2.75, 3.05) is 33.9 Å². The maximum atomic E-state index is 13.4. The van der Waals surface area contributed by atoms with Crippen molar-refractivity contribution < 1.29 is 32.7 Å². The highest BCUT2D eigenvalue weighted by atomic mass is 16.5. The molecule has 0 saturated carbocycles. The van der Waals surface area contributed by atoms with Gasteiger partial charge in [0.25, 0.3) is 5.91 Å². The predicted octanol–water partition coefficient (Wildman–Crippen LogP) is 3.28. The lowest BCUT2D eigenvalue weighted by Gasteiger charge is -2.24. The average molecular weight is 484 g/mol. The average Bonchev–Trinajstić information content (AvgIpc) is 3.67. The fourth-order valence-corrected chi connectivity index (χ4v) is 3.91.